The molecule has 1 aliphatic rings. The first-order valence-electron chi connectivity index (χ1n) is 5.11. The molecule has 1 aromatic rings. The molecule has 0 aliphatic heterocycles. The fourth-order valence-corrected chi connectivity index (χ4v) is 2.44. The van der Waals surface area contributed by atoms with Crippen LogP contribution in [-0.2, 0) is 4.79 Å². The zero-order valence-electron chi connectivity index (χ0n) is 8.59. The van der Waals surface area contributed by atoms with Crippen LogP contribution in [0.3, 0.4) is 0 Å². The van der Waals surface area contributed by atoms with Gasteiger partial charge in [-0.25, -0.2) is 0 Å². The van der Waals surface area contributed by atoms with Gasteiger partial charge < -0.3 is 5.32 Å². The van der Waals surface area contributed by atoms with Gasteiger partial charge in [0.05, 0.1) is 3.58 Å². The van der Waals surface area contributed by atoms with Gasteiger partial charge in [0.2, 0.25) is 0 Å². The van der Waals surface area contributed by atoms with Gasteiger partial charge in [-0.15, -0.1) is 0 Å². The van der Waals surface area contributed by atoms with Crippen LogP contribution in [0.1, 0.15) is 19.3 Å². The second kappa shape index (κ2) is 5.19. The van der Waals surface area contributed by atoms with Crippen LogP contribution in [0.2, 0.25) is 5.02 Å². The van der Waals surface area contributed by atoms with Crippen molar-refractivity contribution in [2.45, 2.75) is 19.3 Å². The molecule has 1 N–H and O–H groups in total. The lowest BCUT2D eigenvalue weighted by atomic mass is 10.0. The van der Waals surface area contributed by atoms with Crippen LogP contribution >= 0.6 is 34.2 Å². The highest BCUT2D eigenvalue weighted by molar-refractivity contribution is 14.1. The topological polar surface area (TPSA) is 29.1 Å². The van der Waals surface area contributed by atoms with Crippen LogP contribution in [0, 0.1) is 0 Å². The maximum Gasteiger partial charge on any atom is 0.170 e. The van der Waals surface area contributed by atoms with Crippen molar-refractivity contribution in [2.75, 3.05) is 5.32 Å². The number of nitrogens with one attached hydrogen (secondary N) is 1. The Morgan fingerprint density at radius 2 is 1.88 bits per heavy atom. The summed E-state index contributed by atoms with van der Waals surface area (Å²) in [6.07, 6.45) is 2.54. The molecule has 0 saturated carbocycles. The van der Waals surface area contributed by atoms with E-state index in [4.69, 9.17) is 11.6 Å². The standard InChI is InChI=1S/C12H11ClINO/c13-8-4-6-9(7-5-8)15-10-2-1-3-11(16)12(10)14/h4-7,15H,1-3H2. The lowest BCUT2D eigenvalue weighted by Crippen LogP contribution is -2.12. The molecule has 0 bridgehead atoms. The minimum Gasteiger partial charge on any atom is -0.358 e. The van der Waals surface area contributed by atoms with E-state index in [2.05, 4.69) is 27.9 Å². The molecule has 2 rings (SSSR count). The number of anilines is 1. The van der Waals surface area contributed by atoms with E-state index in [0.717, 1.165) is 27.8 Å². The third-order valence-electron chi connectivity index (χ3n) is 2.48. The smallest absolute Gasteiger partial charge is 0.170 e. The minimum atomic E-state index is 0.239. The molecule has 16 heavy (non-hydrogen) atoms. The maximum atomic E-state index is 11.5. The molecule has 0 aromatic heterocycles. The Morgan fingerprint density at radius 3 is 2.56 bits per heavy atom. The number of Topliss-reactive ketones (excluding diaryl/α,β-unsaturated/α-hetero) is 1. The molecule has 0 amide bonds. The van der Waals surface area contributed by atoms with Gasteiger partial charge in [-0.2, -0.15) is 0 Å². The lowest BCUT2D eigenvalue weighted by Gasteiger charge is -2.17. The van der Waals surface area contributed by atoms with E-state index < -0.39 is 0 Å². The summed E-state index contributed by atoms with van der Waals surface area (Å²) in [6.45, 7) is 0. The van der Waals surface area contributed by atoms with Crippen LogP contribution in [0.4, 0.5) is 5.69 Å². The molecular weight excluding hydrogens is 336 g/mol. The van der Waals surface area contributed by atoms with Crippen molar-refractivity contribution in [3.05, 3.63) is 38.6 Å². The molecule has 84 valence electrons. The average Bonchev–Trinajstić information content (AvgIpc) is 2.28. The van der Waals surface area contributed by atoms with E-state index in [1.54, 1.807) is 0 Å². The van der Waals surface area contributed by atoms with Crippen molar-refractivity contribution >= 4 is 45.7 Å². The summed E-state index contributed by atoms with van der Waals surface area (Å²) in [4.78, 5) is 11.5. The quantitative estimate of drug-likeness (QED) is 0.814. The third-order valence-corrected chi connectivity index (χ3v) is 3.98. The van der Waals surface area contributed by atoms with Crippen molar-refractivity contribution in [3.63, 3.8) is 0 Å². The predicted molar refractivity (Wildman–Crippen MR) is 75.0 cm³/mol. The molecule has 1 aromatic carbocycles. The highest BCUT2D eigenvalue weighted by atomic mass is 127. The van der Waals surface area contributed by atoms with E-state index in [1.165, 1.54) is 0 Å². The summed E-state index contributed by atoms with van der Waals surface area (Å²) in [5, 5.41) is 4.00. The van der Waals surface area contributed by atoms with Gasteiger partial charge in [0.25, 0.3) is 0 Å². The largest absolute Gasteiger partial charge is 0.358 e. The highest BCUT2D eigenvalue weighted by Crippen LogP contribution is 2.28. The van der Waals surface area contributed by atoms with Gasteiger partial charge >= 0.3 is 0 Å². The van der Waals surface area contributed by atoms with Gasteiger partial charge in [-0.1, -0.05) is 11.6 Å². The Balaban J connectivity index is 2.18. The molecule has 0 heterocycles. The number of rotatable bonds is 2. The van der Waals surface area contributed by atoms with Crippen molar-refractivity contribution < 1.29 is 4.79 Å². The SMILES string of the molecule is O=C1CCCC(Nc2ccc(Cl)cc2)=C1I. The minimum absolute atomic E-state index is 0.239. The molecule has 0 spiro atoms. The van der Waals surface area contributed by atoms with E-state index in [9.17, 15) is 4.79 Å². The molecule has 2 nitrogen and oxygen atoms in total. The van der Waals surface area contributed by atoms with Crippen LogP contribution in [0.5, 0.6) is 0 Å². The Hall–Kier alpha value is -0.550. The van der Waals surface area contributed by atoms with E-state index in [1.807, 2.05) is 24.3 Å². The first-order chi connectivity index (χ1) is 7.66. The fraction of sp³-hybridized carbons (Fsp3) is 0.250. The summed E-state index contributed by atoms with van der Waals surface area (Å²) in [7, 11) is 0. The molecule has 0 saturated heterocycles. The Kier molecular flexibility index (Phi) is 3.86. The maximum absolute atomic E-state index is 11.5. The number of ketones is 1. The van der Waals surface area contributed by atoms with Gasteiger partial charge in [0.1, 0.15) is 0 Å². The summed E-state index contributed by atoms with van der Waals surface area (Å²) >= 11 is 7.93. The third kappa shape index (κ3) is 2.77. The second-order valence-electron chi connectivity index (χ2n) is 3.70. The molecule has 1 aliphatic carbocycles. The monoisotopic (exact) mass is 347 g/mol. The first kappa shape index (κ1) is 11.9. The average molecular weight is 348 g/mol. The summed E-state index contributed by atoms with van der Waals surface area (Å²) in [6, 6.07) is 7.50. The second-order valence-corrected chi connectivity index (χ2v) is 5.22. The van der Waals surface area contributed by atoms with Crippen LogP contribution in [-0.4, -0.2) is 5.78 Å². The summed E-state index contributed by atoms with van der Waals surface area (Å²) < 4.78 is 0.832. The van der Waals surface area contributed by atoms with Crippen molar-refractivity contribution in [1.29, 1.82) is 0 Å². The van der Waals surface area contributed by atoms with Crippen LogP contribution in [0.15, 0.2) is 33.5 Å². The van der Waals surface area contributed by atoms with Gasteiger partial charge in [0.15, 0.2) is 5.78 Å². The lowest BCUT2D eigenvalue weighted by molar-refractivity contribution is -0.115. The van der Waals surface area contributed by atoms with E-state index >= 15 is 0 Å². The zero-order valence-corrected chi connectivity index (χ0v) is 11.5. The number of hydrogen-bond donors (Lipinski definition) is 1. The summed E-state index contributed by atoms with van der Waals surface area (Å²) in [5.74, 6) is 0.239. The van der Waals surface area contributed by atoms with Gasteiger partial charge in [0, 0.05) is 22.8 Å². The highest BCUT2D eigenvalue weighted by Gasteiger charge is 2.17. The molecule has 0 fully saturated rings. The molecule has 0 atom stereocenters. The normalized spacial score (nSPS) is 16.5. The Labute approximate surface area is 113 Å². The number of halogens is 2. The Bertz CT molecular complexity index is 439. The van der Waals surface area contributed by atoms with Crippen LogP contribution < -0.4 is 5.32 Å². The van der Waals surface area contributed by atoms with Crippen molar-refractivity contribution in [2.24, 2.45) is 0 Å². The summed E-state index contributed by atoms with van der Waals surface area (Å²) in [5.41, 5.74) is 2.00. The van der Waals surface area contributed by atoms with Crippen molar-refractivity contribution in [3.8, 4) is 0 Å². The number of benzene rings is 1. The fourth-order valence-electron chi connectivity index (χ4n) is 1.64. The number of allylic oxidation sites excluding steroid dienone is 2. The Morgan fingerprint density at radius 1 is 1.19 bits per heavy atom. The molecular formula is C12H11ClINO. The first-order valence-corrected chi connectivity index (χ1v) is 6.57. The number of carbonyl (C=O) groups is 1. The predicted octanol–water partition coefficient (Wildman–Crippen LogP) is 4.15. The number of hydrogen-bond acceptors (Lipinski definition) is 2. The zero-order chi connectivity index (χ0) is 11.5. The number of carbonyl (C=O) groups excluding carboxylic acids is 1. The van der Waals surface area contributed by atoms with Gasteiger partial charge in [-0.3, -0.25) is 4.79 Å². The van der Waals surface area contributed by atoms with Gasteiger partial charge in [-0.05, 0) is 59.7 Å². The van der Waals surface area contributed by atoms with Crippen LogP contribution in [0.25, 0.3) is 0 Å². The molecule has 0 unspecified atom stereocenters. The van der Waals surface area contributed by atoms with E-state index in [-0.39, 0.29) is 5.78 Å². The molecule has 0 radical (unpaired) electrons. The molecule has 4 heteroatoms. The van der Waals surface area contributed by atoms with Crippen molar-refractivity contribution in [1.82, 2.24) is 0 Å². The van der Waals surface area contributed by atoms with E-state index in [0.29, 0.717) is 11.4 Å².